The van der Waals surface area contributed by atoms with E-state index in [1.807, 2.05) is 4.90 Å². The van der Waals surface area contributed by atoms with Crippen molar-refractivity contribution in [1.29, 1.82) is 0 Å². The highest BCUT2D eigenvalue weighted by Gasteiger charge is 2.29. The molecule has 2 heterocycles. The van der Waals surface area contributed by atoms with Crippen molar-refractivity contribution < 1.29 is 14.7 Å². The molecule has 0 amide bonds. The summed E-state index contributed by atoms with van der Waals surface area (Å²) in [6.07, 6.45) is 0.309. The van der Waals surface area contributed by atoms with Crippen LogP contribution in [0.4, 0.5) is 0 Å². The quantitative estimate of drug-likeness (QED) is 0.630. The monoisotopic (exact) mass is 184 g/mol. The molecule has 0 unspecified atom stereocenters. The van der Waals surface area contributed by atoms with Crippen LogP contribution in [0.25, 0.3) is 0 Å². The van der Waals surface area contributed by atoms with Gasteiger partial charge in [0.15, 0.2) is 5.76 Å². The molecule has 0 aromatic carbocycles. The zero-order valence-corrected chi connectivity index (χ0v) is 7.13. The number of rotatable bonds is 2. The van der Waals surface area contributed by atoms with Gasteiger partial charge in [-0.1, -0.05) is 5.16 Å². The van der Waals surface area contributed by atoms with Gasteiger partial charge in [0, 0.05) is 19.2 Å². The number of likely N-dealkylation sites (tertiary alicyclic amines) is 1. The first-order valence-corrected chi connectivity index (χ1v) is 4.24. The van der Waals surface area contributed by atoms with E-state index in [-0.39, 0.29) is 0 Å². The molecule has 0 radical (unpaired) electrons. The van der Waals surface area contributed by atoms with Crippen molar-refractivity contribution in [3.05, 3.63) is 18.0 Å². The molecule has 2 rings (SSSR count). The van der Waals surface area contributed by atoms with Crippen LogP contribution in [0.3, 0.4) is 0 Å². The second-order valence-corrected chi connectivity index (χ2v) is 3.31. The molecule has 0 saturated carbocycles. The second kappa shape index (κ2) is 3.45. The van der Waals surface area contributed by atoms with Crippen LogP contribution in [-0.2, 0) is 6.54 Å². The number of β-amino-alcohol motifs (C(OH)–C–C–N with tert-alkyl or cyclic N) is 2. The molecule has 1 aromatic rings. The zero-order chi connectivity index (χ0) is 9.26. The van der Waals surface area contributed by atoms with Crippen molar-refractivity contribution >= 4 is 0 Å². The number of aromatic nitrogens is 1. The molecule has 5 heteroatoms. The molecule has 2 atom stereocenters. The van der Waals surface area contributed by atoms with Crippen molar-refractivity contribution in [2.24, 2.45) is 0 Å². The third-order valence-corrected chi connectivity index (χ3v) is 2.21. The molecule has 1 aliphatic rings. The van der Waals surface area contributed by atoms with Gasteiger partial charge in [0.2, 0.25) is 0 Å². The third kappa shape index (κ3) is 1.88. The molecule has 0 spiro atoms. The smallest absolute Gasteiger partial charge is 0.150 e. The van der Waals surface area contributed by atoms with Crippen LogP contribution in [0.1, 0.15) is 5.76 Å². The molecular formula is C8H12N2O3. The highest BCUT2D eigenvalue weighted by Crippen LogP contribution is 2.13. The summed E-state index contributed by atoms with van der Waals surface area (Å²) in [6, 6.07) is 1.77. The Hall–Kier alpha value is -0.910. The lowest BCUT2D eigenvalue weighted by Crippen LogP contribution is -2.22. The number of aliphatic hydroxyl groups excluding tert-OH is 2. The van der Waals surface area contributed by atoms with Gasteiger partial charge in [0.25, 0.3) is 0 Å². The summed E-state index contributed by atoms with van der Waals surface area (Å²) in [7, 11) is 0. The number of nitrogens with zero attached hydrogens (tertiary/aromatic N) is 2. The highest BCUT2D eigenvalue weighted by atomic mass is 16.5. The minimum Gasteiger partial charge on any atom is -0.389 e. The Labute approximate surface area is 75.6 Å². The van der Waals surface area contributed by atoms with E-state index in [9.17, 15) is 10.2 Å². The van der Waals surface area contributed by atoms with Crippen LogP contribution in [0, 0.1) is 0 Å². The summed E-state index contributed by atoms with van der Waals surface area (Å²) < 4.78 is 4.91. The minimum absolute atomic E-state index is 0.488. The Balaban J connectivity index is 1.91. The second-order valence-electron chi connectivity index (χ2n) is 3.31. The van der Waals surface area contributed by atoms with Gasteiger partial charge in [-0.2, -0.15) is 0 Å². The molecule has 1 aromatic heterocycles. The molecular weight excluding hydrogens is 172 g/mol. The van der Waals surface area contributed by atoms with E-state index in [0.29, 0.717) is 19.6 Å². The summed E-state index contributed by atoms with van der Waals surface area (Å²) in [5.41, 5.74) is 0. The predicted molar refractivity (Wildman–Crippen MR) is 43.8 cm³/mol. The van der Waals surface area contributed by atoms with Crippen molar-refractivity contribution in [3.63, 3.8) is 0 Å². The third-order valence-electron chi connectivity index (χ3n) is 2.21. The molecule has 72 valence electrons. The van der Waals surface area contributed by atoms with E-state index in [0.717, 1.165) is 5.76 Å². The van der Waals surface area contributed by atoms with Crippen LogP contribution >= 0.6 is 0 Å². The maximum absolute atomic E-state index is 9.26. The van der Waals surface area contributed by atoms with Crippen LogP contribution in [-0.4, -0.2) is 45.6 Å². The molecule has 0 aliphatic carbocycles. The fourth-order valence-electron chi connectivity index (χ4n) is 1.52. The average molecular weight is 184 g/mol. The number of hydrogen-bond donors (Lipinski definition) is 2. The molecule has 1 aliphatic heterocycles. The topological polar surface area (TPSA) is 69.7 Å². The average Bonchev–Trinajstić information content (AvgIpc) is 2.64. The van der Waals surface area contributed by atoms with Crippen molar-refractivity contribution in [1.82, 2.24) is 10.1 Å². The van der Waals surface area contributed by atoms with E-state index in [2.05, 4.69) is 5.16 Å². The first-order valence-electron chi connectivity index (χ1n) is 4.24. The van der Waals surface area contributed by atoms with Crippen LogP contribution < -0.4 is 0 Å². The zero-order valence-electron chi connectivity index (χ0n) is 7.13. The van der Waals surface area contributed by atoms with Gasteiger partial charge in [-0.3, -0.25) is 4.90 Å². The summed E-state index contributed by atoms with van der Waals surface area (Å²) in [5, 5.41) is 22.1. The lowest BCUT2D eigenvalue weighted by atomic mass is 10.3. The van der Waals surface area contributed by atoms with Crippen molar-refractivity contribution in [2.75, 3.05) is 13.1 Å². The van der Waals surface area contributed by atoms with Gasteiger partial charge in [-0.05, 0) is 0 Å². The number of aliphatic hydroxyl groups is 2. The van der Waals surface area contributed by atoms with Crippen LogP contribution in [0.5, 0.6) is 0 Å². The van der Waals surface area contributed by atoms with E-state index in [1.54, 1.807) is 12.3 Å². The van der Waals surface area contributed by atoms with E-state index in [4.69, 9.17) is 4.52 Å². The fourth-order valence-corrected chi connectivity index (χ4v) is 1.52. The lowest BCUT2D eigenvalue weighted by molar-refractivity contribution is 0.0572. The first kappa shape index (κ1) is 8.68. The molecule has 2 N–H and O–H groups in total. The Morgan fingerprint density at radius 2 is 2.15 bits per heavy atom. The van der Waals surface area contributed by atoms with E-state index < -0.39 is 12.2 Å². The molecule has 1 fully saturated rings. The standard InChI is InChI=1S/C8H12N2O3/c11-7-4-10(5-8(7)12)3-6-1-2-9-13-6/h1-2,7-8,11-12H,3-5H2/t7-,8+. The largest absolute Gasteiger partial charge is 0.389 e. The lowest BCUT2D eigenvalue weighted by Gasteiger charge is -2.11. The molecule has 13 heavy (non-hydrogen) atoms. The summed E-state index contributed by atoms with van der Waals surface area (Å²) >= 11 is 0. The molecule has 0 bridgehead atoms. The van der Waals surface area contributed by atoms with Gasteiger partial charge in [-0.15, -0.1) is 0 Å². The highest BCUT2D eigenvalue weighted by molar-refractivity contribution is 4.95. The Morgan fingerprint density at radius 3 is 2.69 bits per heavy atom. The van der Waals surface area contributed by atoms with Gasteiger partial charge in [-0.25, -0.2) is 0 Å². The van der Waals surface area contributed by atoms with Gasteiger partial charge in [0.05, 0.1) is 24.9 Å². The molecule has 5 nitrogen and oxygen atoms in total. The maximum atomic E-state index is 9.26. The normalized spacial score (nSPS) is 29.7. The van der Waals surface area contributed by atoms with Crippen molar-refractivity contribution in [2.45, 2.75) is 18.8 Å². The summed E-state index contributed by atoms with van der Waals surface area (Å²) in [6.45, 7) is 1.57. The fraction of sp³-hybridized carbons (Fsp3) is 0.625. The van der Waals surface area contributed by atoms with E-state index >= 15 is 0 Å². The summed E-state index contributed by atoms with van der Waals surface area (Å²) in [5.74, 6) is 0.751. The number of hydrogen-bond acceptors (Lipinski definition) is 5. The van der Waals surface area contributed by atoms with E-state index in [1.165, 1.54) is 0 Å². The van der Waals surface area contributed by atoms with Gasteiger partial charge < -0.3 is 14.7 Å². The summed E-state index contributed by atoms with van der Waals surface area (Å²) in [4.78, 5) is 1.93. The van der Waals surface area contributed by atoms with Crippen LogP contribution in [0.2, 0.25) is 0 Å². The Morgan fingerprint density at radius 1 is 1.46 bits per heavy atom. The molecule has 1 saturated heterocycles. The Bertz CT molecular complexity index is 252. The Kier molecular flexibility index (Phi) is 2.30. The SMILES string of the molecule is O[C@@H]1CN(Cc2ccno2)C[C@@H]1O. The van der Waals surface area contributed by atoms with Gasteiger partial charge in [0.1, 0.15) is 0 Å². The predicted octanol–water partition coefficient (Wildman–Crippen LogP) is -0.788. The van der Waals surface area contributed by atoms with Crippen LogP contribution in [0.15, 0.2) is 16.8 Å². The minimum atomic E-state index is -0.636. The maximum Gasteiger partial charge on any atom is 0.150 e. The van der Waals surface area contributed by atoms with Gasteiger partial charge >= 0.3 is 0 Å². The first-order chi connectivity index (χ1) is 6.25. The van der Waals surface area contributed by atoms with Crippen molar-refractivity contribution in [3.8, 4) is 0 Å².